The van der Waals surface area contributed by atoms with E-state index in [2.05, 4.69) is 27.4 Å². The van der Waals surface area contributed by atoms with Crippen LogP contribution in [0.25, 0.3) is 21.8 Å². The highest BCUT2D eigenvalue weighted by atomic mass is 16.5. The lowest BCUT2D eigenvalue weighted by Gasteiger charge is -2.19. The number of nitrogens with zero attached hydrogens (tertiary/aromatic N) is 1. The van der Waals surface area contributed by atoms with Gasteiger partial charge in [-0.2, -0.15) is 0 Å². The second-order valence-corrected chi connectivity index (χ2v) is 6.76. The number of aliphatic hydroxyl groups is 1. The van der Waals surface area contributed by atoms with Gasteiger partial charge in [0.2, 0.25) is 0 Å². The Morgan fingerprint density at radius 1 is 1.15 bits per heavy atom. The van der Waals surface area contributed by atoms with E-state index in [1.54, 1.807) is 7.11 Å². The van der Waals surface area contributed by atoms with Gasteiger partial charge >= 0.3 is 0 Å². The van der Waals surface area contributed by atoms with E-state index in [9.17, 15) is 5.11 Å². The van der Waals surface area contributed by atoms with Crippen LogP contribution in [0.1, 0.15) is 11.3 Å². The first kappa shape index (κ1) is 17.4. The number of hydrogen-bond acceptors (Lipinski definition) is 4. The Labute approximate surface area is 158 Å². The van der Waals surface area contributed by atoms with Gasteiger partial charge < -0.3 is 20.1 Å². The number of fused-ring (bicyclic) bond motifs is 2. The first-order valence-electron chi connectivity index (χ1n) is 9.06. The van der Waals surface area contributed by atoms with Crippen molar-refractivity contribution in [1.29, 1.82) is 0 Å². The van der Waals surface area contributed by atoms with Crippen LogP contribution in [0.4, 0.5) is 5.69 Å². The maximum atomic E-state index is 9.99. The smallest absolute Gasteiger partial charge is 0.145 e. The molecule has 0 radical (unpaired) electrons. The molecule has 138 valence electrons. The molecular formula is C22H23N3O2. The largest absolute Gasteiger partial charge is 0.494 e. The Bertz CT molecular complexity index is 1090. The molecule has 0 spiro atoms. The molecule has 0 bridgehead atoms. The summed E-state index contributed by atoms with van der Waals surface area (Å²) in [6.07, 6.45) is 2.74. The number of pyridine rings is 1. The predicted molar refractivity (Wildman–Crippen MR) is 110 cm³/mol. The molecule has 0 aliphatic rings. The van der Waals surface area contributed by atoms with Crippen molar-refractivity contribution in [3.63, 3.8) is 0 Å². The first-order valence-corrected chi connectivity index (χ1v) is 9.06. The van der Waals surface area contributed by atoms with Gasteiger partial charge in [-0.25, -0.2) is 4.98 Å². The third kappa shape index (κ3) is 3.34. The van der Waals surface area contributed by atoms with E-state index in [4.69, 9.17) is 4.74 Å². The van der Waals surface area contributed by atoms with Crippen molar-refractivity contribution in [2.75, 3.05) is 19.0 Å². The Morgan fingerprint density at radius 3 is 2.78 bits per heavy atom. The number of aliphatic hydroxyl groups excluding tert-OH is 1. The molecule has 3 N–H and O–H groups in total. The highest BCUT2D eigenvalue weighted by molar-refractivity contribution is 5.95. The van der Waals surface area contributed by atoms with Crippen LogP contribution in [-0.4, -0.2) is 34.8 Å². The Morgan fingerprint density at radius 2 is 1.96 bits per heavy atom. The third-order valence-corrected chi connectivity index (χ3v) is 4.87. The van der Waals surface area contributed by atoms with Crippen LogP contribution in [0, 0.1) is 6.92 Å². The number of nitrogens with one attached hydrogen (secondary N) is 2. The van der Waals surface area contributed by atoms with Crippen LogP contribution in [0.5, 0.6) is 5.75 Å². The molecule has 0 aliphatic heterocycles. The lowest BCUT2D eigenvalue weighted by molar-refractivity contribution is 0.274. The standard InChI is InChI=1S/C22H23N3O2/c1-14-10-20(18-7-5-9-21(27-2)22(18)24-14)25-16(13-26)11-15-12-23-19-8-4-3-6-17(15)19/h3-10,12,16,23,26H,11,13H2,1-2H3,(H,24,25). The van der Waals surface area contributed by atoms with Crippen LogP contribution < -0.4 is 10.1 Å². The van der Waals surface area contributed by atoms with E-state index in [0.29, 0.717) is 6.42 Å². The maximum absolute atomic E-state index is 9.99. The van der Waals surface area contributed by atoms with Gasteiger partial charge in [0.05, 0.1) is 19.8 Å². The number of benzene rings is 2. The topological polar surface area (TPSA) is 70.2 Å². The molecule has 2 aromatic carbocycles. The average molecular weight is 361 g/mol. The monoisotopic (exact) mass is 361 g/mol. The van der Waals surface area contributed by atoms with Gasteiger partial charge in [0.1, 0.15) is 11.3 Å². The minimum atomic E-state index is -0.111. The van der Waals surface area contributed by atoms with Gasteiger partial charge in [-0.1, -0.05) is 30.3 Å². The SMILES string of the molecule is COc1cccc2c(NC(CO)Cc3c[nH]c4ccccc34)cc(C)nc12. The van der Waals surface area contributed by atoms with Gasteiger partial charge in [-0.15, -0.1) is 0 Å². The number of aromatic amines is 1. The summed E-state index contributed by atoms with van der Waals surface area (Å²) in [4.78, 5) is 7.92. The van der Waals surface area contributed by atoms with Crippen molar-refractivity contribution in [2.24, 2.45) is 0 Å². The molecule has 0 aliphatic carbocycles. The van der Waals surface area contributed by atoms with Gasteiger partial charge in [-0.05, 0) is 37.1 Å². The molecule has 1 unspecified atom stereocenters. The summed E-state index contributed by atoms with van der Waals surface area (Å²) < 4.78 is 5.46. The third-order valence-electron chi connectivity index (χ3n) is 4.87. The number of H-pyrrole nitrogens is 1. The van der Waals surface area contributed by atoms with Crippen molar-refractivity contribution in [3.05, 3.63) is 66.0 Å². The van der Waals surface area contributed by atoms with Crippen LogP contribution in [0.2, 0.25) is 0 Å². The molecule has 0 fully saturated rings. The molecule has 27 heavy (non-hydrogen) atoms. The van der Waals surface area contributed by atoms with E-state index in [1.807, 2.05) is 49.5 Å². The summed E-state index contributed by atoms with van der Waals surface area (Å²) in [6, 6.07) is 16.0. The highest BCUT2D eigenvalue weighted by Crippen LogP contribution is 2.30. The molecule has 5 heteroatoms. The Kier molecular flexibility index (Phi) is 4.69. The summed E-state index contributed by atoms with van der Waals surface area (Å²) in [5.41, 5.74) is 4.98. The van der Waals surface area contributed by atoms with Crippen molar-refractivity contribution in [3.8, 4) is 5.75 Å². The van der Waals surface area contributed by atoms with Gasteiger partial charge in [-0.3, -0.25) is 0 Å². The molecule has 4 rings (SSSR count). The molecule has 2 aromatic heterocycles. The fourth-order valence-corrected chi connectivity index (χ4v) is 3.58. The Hall–Kier alpha value is -3.05. The molecule has 1 atom stereocenters. The molecule has 4 aromatic rings. The number of aromatic nitrogens is 2. The van der Waals surface area contributed by atoms with Gasteiger partial charge in [0.15, 0.2) is 0 Å². The molecule has 0 saturated carbocycles. The number of hydrogen-bond donors (Lipinski definition) is 3. The van der Waals surface area contributed by atoms with E-state index in [1.165, 1.54) is 10.9 Å². The quantitative estimate of drug-likeness (QED) is 0.485. The molecular weight excluding hydrogens is 338 g/mol. The fourth-order valence-electron chi connectivity index (χ4n) is 3.58. The summed E-state index contributed by atoms with van der Waals surface area (Å²) in [5, 5.41) is 15.7. The van der Waals surface area contributed by atoms with Crippen molar-refractivity contribution in [1.82, 2.24) is 9.97 Å². The first-order chi connectivity index (χ1) is 13.2. The lowest BCUT2D eigenvalue weighted by atomic mass is 10.0. The molecule has 0 amide bonds. The number of methoxy groups -OCH3 is 1. The number of rotatable bonds is 6. The average Bonchev–Trinajstić information content (AvgIpc) is 3.10. The normalized spacial score (nSPS) is 12.4. The minimum Gasteiger partial charge on any atom is -0.494 e. The van der Waals surface area contributed by atoms with E-state index >= 15 is 0 Å². The van der Waals surface area contributed by atoms with Crippen molar-refractivity contribution < 1.29 is 9.84 Å². The summed E-state index contributed by atoms with van der Waals surface area (Å²) in [5.74, 6) is 0.747. The minimum absolute atomic E-state index is 0.0341. The summed E-state index contributed by atoms with van der Waals surface area (Å²) >= 11 is 0. The zero-order chi connectivity index (χ0) is 18.8. The second kappa shape index (κ2) is 7.29. The zero-order valence-corrected chi connectivity index (χ0v) is 15.5. The molecule has 0 saturated heterocycles. The highest BCUT2D eigenvalue weighted by Gasteiger charge is 2.15. The van der Waals surface area contributed by atoms with E-state index < -0.39 is 0 Å². The number of ether oxygens (including phenoxy) is 1. The Balaban J connectivity index is 1.67. The number of anilines is 1. The number of para-hydroxylation sites is 2. The molecule has 2 heterocycles. The molecule has 5 nitrogen and oxygen atoms in total. The summed E-state index contributed by atoms with van der Waals surface area (Å²) in [6.45, 7) is 2.00. The van der Waals surface area contributed by atoms with Crippen LogP contribution >= 0.6 is 0 Å². The van der Waals surface area contributed by atoms with Crippen molar-refractivity contribution in [2.45, 2.75) is 19.4 Å². The van der Waals surface area contributed by atoms with E-state index in [-0.39, 0.29) is 12.6 Å². The number of aryl methyl sites for hydroxylation is 1. The fraction of sp³-hybridized carbons (Fsp3) is 0.227. The van der Waals surface area contributed by atoms with Crippen LogP contribution in [-0.2, 0) is 6.42 Å². The van der Waals surface area contributed by atoms with E-state index in [0.717, 1.165) is 33.6 Å². The maximum Gasteiger partial charge on any atom is 0.145 e. The zero-order valence-electron chi connectivity index (χ0n) is 15.5. The lowest BCUT2D eigenvalue weighted by Crippen LogP contribution is -2.26. The van der Waals surface area contributed by atoms with Crippen LogP contribution in [0.3, 0.4) is 0 Å². The predicted octanol–water partition coefficient (Wildman–Crippen LogP) is 4.05. The summed E-state index contributed by atoms with van der Waals surface area (Å²) in [7, 11) is 1.65. The van der Waals surface area contributed by atoms with Gasteiger partial charge in [0, 0.05) is 33.9 Å². The van der Waals surface area contributed by atoms with Gasteiger partial charge in [0.25, 0.3) is 0 Å². The van der Waals surface area contributed by atoms with Crippen LogP contribution in [0.15, 0.2) is 54.7 Å². The van der Waals surface area contributed by atoms with Crippen molar-refractivity contribution >= 4 is 27.5 Å². The second-order valence-electron chi connectivity index (χ2n) is 6.76.